The van der Waals surface area contributed by atoms with Crippen LogP contribution in [-0.2, 0) is 13.5 Å². The third kappa shape index (κ3) is 2.89. The Balaban J connectivity index is 2.52. The Bertz CT molecular complexity index is 711. The molecule has 21 heavy (non-hydrogen) atoms. The lowest BCUT2D eigenvalue weighted by molar-refractivity contribution is -0.388. The summed E-state index contributed by atoms with van der Waals surface area (Å²) in [6, 6.07) is 6.39. The van der Waals surface area contributed by atoms with Crippen LogP contribution in [0.25, 0.3) is 0 Å². The molecule has 0 radical (unpaired) electrons. The fourth-order valence-electron chi connectivity index (χ4n) is 1.92. The molecule has 2 rings (SSSR count). The molecule has 0 saturated heterocycles. The number of aromatic nitrogens is 2. The standard InChI is InChI=1S/C13H13N3O4S/c1-3-9-11(16(19)20)12(15(2)14-9)21-10-7-5-4-6-8(10)13(17)18/h4-7H,3H2,1-2H3,(H,17,18). The van der Waals surface area contributed by atoms with E-state index in [4.69, 9.17) is 0 Å². The average molecular weight is 307 g/mol. The molecule has 0 unspecified atom stereocenters. The normalized spacial score (nSPS) is 10.6. The van der Waals surface area contributed by atoms with Gasteiger partial charge in [-0.3, -0.25) is 14.8 Å². The number of aryl methyl sites for hydroxylation is 2. The van der Waals surface area contributed by atoms with Crippen molar-refractivity contribution in [2.75, 3.05) is 0 Å². The number of carboxylic acid groups (broad SMARTS) is 1. The highest BCUT2D eigenvalue weighted by molar-refractivity contribution is 7.99. The Kier molecular flexibility index (Phi) is 4.27. The van der Waals surface area contributed by atoms with E-state index in [9.17, 15) is 20.0 Å². The van der Waals surface area contributed by atoms with Gasteiger partial charge in [-0.05, 0) is 18.6 Å². The summed E-state index contributed by atoms with van der Waals surface area (Å²) in [4.78, 5) is 22.4. The number of nitrogens with zero attached hydrogens (tertiary/aromatic N) is 3. The van der Waals surface area contributed by atoms with Gasteiger partial charge < -0.3 is 5.11 Å². The summed E-state index contributed by atoms with van der Waals surface area (Å²) < 4.78 is 1.42. The van der Waals surface area contributed by atoms with Crippen LogP contribution in [0.3, 0.4) is 0 Å². The summed E-state index contributed by atoms with van der Waals surface area (Å²) >= 11 is 1.04. The van der Waals surface area contributed by atoms with E-state index in [1.165, 1.54) is 10.7 Å². The van der Waals surface area contributed by atoms with Gasteiger partial charge in [-0.25, -0.2) is 4.79 Å². The Hall–Kier alpha value is -2.35. The van der Waals surface area contributed by atoms with E-state index in [1.807, 2.05) is 0 Å². The van der Waals surface area contributed by atoms with Gasteiger partial charge in [0, 0.05) is 11.9 Å². The van der Waals surface area contributed by atoms with Crippen LogP contribution in [-0.4, -0.2) is 25.8 Å². The second-order valence-electron chi connectivity index (χ2n) is 4.24. The van der Waals surface area contributed by atoms with Gasteiger partial charge in [-0.2, -0.15) is 5.10 Å². The molecule has 7 nitrogen and oxygen atoms in total. The van der Waals surface area contributed by atoms with Crippen LogP contribution in [0.4, 0.5) is 5.69 Å². The largest absolute Gasteiger partial charge is 0.478 e. The third-order valence-corrected chi connectivity index (χ3v) is 4.11. The van der Waals surface area contributed by atoms with E-state index in [2.05, 4.69) is 5.10 Å². The Labute approximate surface area is 124 Å². The van der Waals surface area contributed by atoms with Crippen LogP contribution in [0.15, 0.2) is 34.2 Å². The number of nitro groups is 1. The highest BCUT2D eigenvalue weighted by Gasteiger charge is 2.27. The van der Waals surface area contributed by atoms with E-state index in [-0.39, 0.29) is 11.3 Å². The summed E-state index contributed by atoms with van der Waals surface area (Å²) in [5.74, 6) is -1.07. The number of benzene rings is 1. The second kappa shape index (κ2) is 5.96. The maximum atomic E-state index is 11.2. The van der Waals surface area contributed by atoms with Crippen molar-refractivity contribution in [1.82, 2.24) is 9.78 Å². The van der Waals surface area contributed by atoms with Crippen LogP contribution in [0, 0.1) is 10.1 Å². The first-order chi connectivity index (χ1) is 9.95. The Morgan fingerprint density at radius 3 is 2.71 bits per heavy atom. The zero-order valence-corrected chi connectivity index (χ0v) is 12.3. The van der Waals surface area contributed by atoms with Gasteiger partial charge >= 0.3 is 11.7 Å². The SMILES string of the molecule is CCc1nn(C)c(Sc2ccccc2C(=O)O)c1[N+](=O)[O-]. The predicted octanol–water partition coefficient (Wildman–Crippen LogP) is 2.74. The summed E-state index contributed by atoms with van der Waals surface area (Å²) in [6.45, 7) is 1.79. The molecule has 1 heterocycles. The minimum Gasteiger partial charge on any atom is -0.478 e. The number of carboxylic acids is 1. The van der Waals surface area contributed by atoms with E-state index < -0.39 is 10.9 Å². The van der Waals surface area contributed by atoms with Gasteiger partial charge in [0.25, 0.3) is 0 Å². The first kappa shape index (κ1) is 15.0. The summed E-state index contributed by atoms with van der Waals surface area (Å²) in [6.07, 6.45) is 0.436. The molecule has 0 amide bonds. The fraction of sp³-hybridized carbons (Fsp3) is 0.231. The van der Waals surface area contributed by atoms with Gasteiger partial charge in [-0.15, -0.1) is 0 Å². The zero-order valence-electron chi connectivity index (χ0n) is 11.4. The molecule has 1 N–H and O–H groups in total. The van der Waals surface area contributed by atoms with Crippen molar-refractivity contribution in [3.05, 3.63) is 45.6 Å². The lowest BCUT2D eigenvalue weighted by Crippen LogP contribution is -2.00. The third-order valence-electron chi connectivity index (χ3n) is 2.88. The maximum Gasteiger partial charge on any atom is 0.336 e. The van der Waals surface area contributed by atoms with Crippen molar-refractivity contribution in [3.63, 3.8) is 0 Å². The molecule has 0 fully saturated rings. The topological polar surface area (TPSA) is 98.3 Å². The van der Waals surface area contributed by atoms with Crippen LogP contribution < -0.4 is 0 Å². The van der Waals surface area contributed by atoms with E-state index in [1.54, 1.807) is 32.2 Å². The molecule has 2 aromatic rings. The van der Waals surface area contributed by atoms with Crippen molar-refractivity contribution in [2.24, 2.45) is 7.05 Å². The lowest BCUT2D eigenvalue weighted by atomic mass is 10.2. The number of carbonyl (C=O) groups is 1. The highest BCUT2D eigenvalue weighted by Crippen LogP contribution is 2.38. The minimum absolute atomic E-state index is 0.0646. The first-order valence-corrected chi connectivity index (χ1v) is 6.97. The van der Waals surface area contributed by atoms with Gasteiger partial charge in [0.05, 0.1) is 10.5 Å². The number of aromatic carboxylic acids is 1. The monoisotopic (exact) mass is 307 g/mol. The highest BCUT2D eigenvalue weighted by atomic mass is 32.2. The number of hydrogen-bond donors (Lipinski definition) is 1. The van der Waals surface area contributed by atoms with Gasteiger partial charge in [0.15, 0.2) is 5.03 Å². The minimum atomic E-state index is -1.07. The first-order valence-electron chi connectivity index (χ1n) is 6.16. The predicted molar refractivity (Wildman–Crippen MR) is 76.8 cm³/mol. The van der Waals surface area contributed by atoms with Crippen LogP contribution in [0.1, 0.15) is 23.0 Å². The quantitative estimate of drug-likeness (QED) is 0.673. The van der Waals surface area contributed by atoms with Crippen molar-refractivity contribution >= 4 is 23.4 Å². The summed E-state index contributed by atoms with van der Waals surface area (Å²) in [7, 11) is 1.61. The Morgan fingerprint density at radius 1 is 1.48 bits per heavy atom. The van der Waals surface area contributed by atoms with Crippen molar-refractivity contribution in [3.8, 4) is 0 Å². The van der Waals surface area contributed by atoms with E-state index >= 15 is 0 Å². The van der Waals surface area contributed by atoms with Gasteiger partial charge in [-0.1, -0.05) is 30.8 Å². The van der Waals surface area contributed by atoms with Gasteiger partial charge in [0.1, 0.15) is 5.69 Å². The molecule has 0 bridgehead atoms. The molecular weight excluding hydrogens is 294 g/mol. The summed E-state index contributed by atoms with van der Waals surface area (Å²) in [5.41, 5.74) is 0.430. The molecule has 0 atom stereocenters. The van der Waals surface area contributed by atoms with Crippen molar-refractivity contribution in [1.29, 1.82) is 0 Å². The molecule has 1 aromatic heterocycles. The smallest absolute Gasteiger partial charge is 0.336 e. The average Bonchev–Trinajstić information content (AvgIpc) is 2.76. The lowest BCUT2D eigenvalue weighted by Gasteiger charge is -2.05. The molecule has 110 valence electrons. The van der Waals surface area contributed by atoms with Crippen molar-refractivity contribution in [2.45, 2.75) is 23.3 Å². The van der Waals surface area contributed by atoms with Crippen LogP contribution >= 0.6 is 11.8 Å². The molecule has 8 heteroatoms. The fourth-order valence-corrected chi connectivity index (χ4v) is 3.01. The Morgan fingerprint density at radius 2 is 2.14 bits per heavy atom. The zero-order chi connectivity index (χ0) is 15.6. The van der Waals surface area contributed by atoms with Crippen molar-refractivity contribution < 1.29 is 14.8 Å². The molecule has 0 spiro atoms. The molecular formula is C13H13N3O4S. The van der Waals surface area contributed by atoms with Crippen LogP contribution in [0.2, 0.25) is 0 Å². The summed E-state index contributed by atoms with van der Waals surface area (Å²) in [5, 5.41) is 24.9. The number of rotatable bonds is 5. The molecule has 0 aliphatic heterocycles. The maximum absolute atomic E-state index is 11.2. The number of hydrogen-bond acceptors (Lipinski definition) is 5. The van der Waals surface area contributed by atoms with E-state index in [0.717, 1.165) is 11.8 Å². The molecule has 0 saturated carbocycles. The second-order valence-corrected chi connectivity index (χ2v) is 5.27. The molecule has 1 aromatic carbocycles. The van der Waals surface area contributed by atoms with Gasteiger partial charge in [0.2, 0.25) is 0 Å². The molecule has 0 aliphatic carbocycles. The van der Waals surface area contributed by atoms with E-state index in [0.29, 0.717) is 22.0 Å². The molecule has 0 aliphatic rings. The van der Waals surface area contributed by atoms with Crippen LogP contribution in [0.5, 0.6) is 0 Å².